The van der Waals surface area contributed by atoms with Crippen LogP contribution in [-0.4, -0.2) is 36.7 Å². The number of amides is 1. The molecular weight excluding hydrogens is 289 g/mol. The SMILES string of the molecule is CO[C@@H]1CN[C@H](C(=O)Nc2cccnc2C)C1.Cl.Cl. The molecule has 0 bridgehead atoms. The van der Waals surface area contributed by atoms with E-state index in [9.17, 15) is 4.79 Å². The predicted octanol–water partition coefficient (Wildman–Crippen LogP) is 1.55. The molecule has 0 unspecified atom stereocenters. The van der Waals surface area contributed by atoms with Crippen molar-refractivity contribution in [3.8, 4) is 0 Å². The molecule has 1 fully saturated rings. The van der Waals surface area contributed by atoms with Gasteiger partial charge >= 0.3 is 0 Å². The fourth-order valence-corrected chi connectivity index (χ4v) is 1.92. The van der Waals surface area contributed by atoms with Gasteiger partial charge in [0.15, 0.2) is 0 Å². The lowest BCUT2D eigenvalue weighted by Gasteiger charge is -2.12. The van der Waals surface area contributed by atoms with Gasteiger partial charge in [-0.1, -0.05) is 0 Å². The number of aromatic nitrogens is 1. The van der Waals surface area contributed by atoms with E-state index >= 15 is 0 Å². The zero-order valence-corrected chi connectivity index (χ0v) is 12.5. The molecule has 0 radical (unpaired) electrons. The molecule has 7 heteroatoms. The molecule has 1 saturated heterocycles. The van der Waals surface area contributed by atoms with Crippen molar-refractivity contribution in [2.24, 2.45) is 0 Å². The van der Waals surface area contributed by atoms with Gasteiger partial charge in [-0.25, -0.2) is 0 Å². The molecule has 0 saturated carbocycles. The minimum Gasteiger partial charge on any atom is -0.380 e. The highest BCUT2D eigenvalue weighted by Crippen LogP contribution is 2.14. The largest absolute Gasteiger partial charge is 0.380 e. The lowest BCUT2D eigenvalue weighted by atomic mass is 10.2. The maximum absolute atomic E-state index is 12.0. The molecule has 2 atom stereocenters. The normalized spacial score (nSPS) is 21.2. The van der Waals surface area contributed by atoms with Crippen LogP contribution >= 0.6 is 24.8 Å². The summed E-state index contributed by atoms with van der Waals surface area (Å²) in [5, 5.41) is 6.02. The highest BCUT2D eigenvalue weighted by Gasteiger charge is 2.29. The molecule has 0 aliphatic carbocycles. The van der Waals surface area contributed by atoms with E-state index < -0.39 is 0 Å². The van der Waals surface area contributed by atoms with Crippen molar-refractivity contribution in [3.63, 3.8) is 0 Å². The number of methoxy groups -OCH3 is 1. The van der Waals surface area contributed by atoms with Gasteiger partial charge < -0.3 is 15.4 Å². The molecule has 5 nitrogen and oxygen atoms in total. The first kappa shape index (κ1) is 18.1. The summed E-state index contributed by atoms with van der Waals surface area (Å²) < 4.78 is 5.21. The van der Waals surface area contributed by atoms with Crippen molar-refractivity contribution in [1.29, 1.82) is 0 Å². The molecule has 0 aromatic carbocycles. The van der Waals surface area contributed by atoms with E-state index in [1.165, 1.54) is 0 Å². The van der Waals surface area contributed by atoms with Gasteiger partial charge in [-0.15, -0.1) is 24.8 Å². The fourth-order valence-electron chi connectivity index (χ4n) is 1.92. The Morgan fingerprint density at radius 1 is 1.53 bits per heavy atom. The monoisotopic (exact) mass is 307 g/mol. The molecular formula is C12H19Cl2N3O2. The number of carbonyl (C=O) groups is 1. The van der Waals surface area contributed by atoms with Crippen LogP contribution in [0.4, 0.5) is 5.69 Å². The van der Waals surface area contributed by atoms with Crippen molar-refractivity contribution in [2.45, 2.75) is 25.5 Å². The average molecular weight is 308 g/mol. The van der Waals surface area contributed by atoms with Crippen molar-refractivity contribution >= 4 is 36.4 Å². The third-order valence-electron chi connectivity index (χ3n) is 3.01. The van der Waals surface area contributed by atoms with Crippen LogP contribution in [0.5, 0.6) is 0 Å². The second-order valence-electron chi connectivity index (χ2n) is 4.18. The van der Waals surface area contributed by atoms with E-state index in [1.54, 1.807) is 13.3 Å². The van der Waals surface area contributed by atoms with Crippen LogP contribution in [0.3, 0.4) is 0 Å². The molecule has 2 rings (SSSR count). The number of pyridine rings is 1. The first-order chi connectivity index (χ1) is 8.20. The van der Waals surface area contributed by atoms with Gasteiger partial charge in [0.1, 0.15) is 0 Å². The van der Waals surface area contributed by atoms with Gasteiger partial charge in [-0.3, -0.25) is 9.78 Å². The molecule has 1 aliphatic heterocycles. The highest BCUT2D eigenvalue weighted by molar-refractivity contribution is 5.95. The van der Waals surface area contributed by atoms with Gasteiger partial charge in [0.05, 0.1) is 23.5 Å². The molecule has 0 spiro atoms. The van der Waals surface area contributed by atoms with Crippen molar-refractivity contribution in [3.05, 3.63) is 24.0 Å². The van der Waals surface area contributed by atoms with Gasteiger partial charge in [-0.2, -0.15) is 0 Å². The lowest BCUT2D eigenvalue weighted by Crippen LogP contribution is -2.35. The van der Waals surface area contributed by atoms with Crippen molar-refractivity contribution in [1.82, 2.24) is 10.3 Å². The predicted molar refractivity (Wildman–Crippen MR) is 79.3 cm³/mol. The number of rotatable bonds is 3. The Bertz CT molecular complexity index is 418. The molecule has 1 aliphatic rings. The van der Waals surface area contributed by atoms with E-state index in [2.05, 4.69) is 15.6 Å². The quantitative estimate of drug-likeness (QED) is 0.889. The summed E-state index contributed by atoms with van der Waals surface area (Å²) >= 11 is 0. The van der Waals surface area contributed by atoms with E-state index in [-0.39, 0.29) is 42.9 Å². The van der Waals surface area contributed by atoms with E-state index in [0.717, 1.165) is 17.9 Å². The van der Waals surface area contributed by atoms with Crippen LogP contribution in [-0.2, 0) is 9.53 Å². The molecule has 19 heavy (non-hydrogen) atoms. The maximum atomic E-state index is 12.0. The summed E-state index contributed by atoms with van der Waals surface area (Å²) in [7, 11) is 1.66. The number of nitrogens with one attached hydrogen (secondary N) is 2. The number of halogens is 2. The van der Waals surface area contributed by atoms with Crippen LogP contribution in [0, 0.1) is 6.92 Å². The zero-order chi connectivity index (χ0) is 12.3. The Kier molecular flexibility index (Phi) is 7.94. The summed E-state index contributed by atoms with van der Waals surface area (Å²) in [5.74, 6) is -0.0272. The number of hydrogen-bond donors (Lipinski definition) is 2. The Morgan fingerprint density at radius 3 is 2.84 bits per heavy atom. The lowest BCUT2D eigenvalue weighted by molar-refractivity contribution is -0.118. The molecule has 2 N–H and O–H groups in total. The summed E-state index contributed by atoms with van der Waals surface area (Å²) in [4.78, 5) is 16.1. The second kappa shape index (κ2) is 8.32. The second-order valence-corrected chi connectivity index (χ2v) is 4.18. The van der Waals surface area contributed by atoms with E-state index in [4.69, 9.17) is 4.74 Å². The van der Waals surface area contributed by atoms with Gasteiger partial charge in [0.25, 0.3) is 0 Å². The zero-order valence-electron chi connectivity index (χ0n) is 10.9. The van der Waals surface area contributed by atoms with Crippen LogP contribution in [0.15, 0.2) is 18.3 Å². The van der Waals surface area contributed by atoms with Crippen molar-refractivity contribution < 1.29 is 9.53 Å². The average Bonchev–Trinajstić information content (AvgIpc) is 2.81. The highest BCUT2D eigenvalue weighted by atomic mass is 35.5. The summed E-state index contributed by atoms with van der Waals surface area (Å²) in [5.41, 5.74) is 1.59. The number of nitrogens with zero attached hydrogens (tertiary/aromatic N) is 1. The van der Waals surface area contributed by atoms with Crippen LogP contribution in [0.2, 0.25) is 0 Å². The first-order valence-corrected chi connectivity index (χ1v) is 5.69. The summed E-state index contributed by atoms with van der Waals surface area (Å²) in [6.07, 6.45) is 2.54. The minimum absolute atomic E-state index is 0. The Hall–Kier alpha value is -0.880. The third-order valence-corrected chi connectivity index (χ3v) is 3.01. The molecule has 108 valence electrons. The van der Waals surface area contributed by atoms with E-state index in [0.29, 0.717) is 6.42 Å². The van der Waals surface area contributed by atoms with Crippen molar-refractivity contribution in [2.75, 3.05) is 19.0 Å². The van der Waals surface area contributed by atoms with Crippen LogP contribution in [0.1, 0.15) is 12.1 Å². The number of aryl methyl sites for hydroxylation is 1. The molecule has 1 amide bonds. The summed E-state index contributed by atoms with van der Waals surface area (Å²) in [6.45, 7) is 2.59. The number of carbonyl (C=O) groups excluding carboxylic acids is 1. The van der Waals surface area contributed by atoms with Crippen LogP contribution < -0.4 is 10.6 Å². The van der Waals surface area contributed by atoms with Crippen LogP contribution in [0.25, 0.3) is 0 Å². The topological polar surface area (TPSA) is 63.2 Å². The van der Waals surface area contributed by atoms with Gasteiger partial charge in [0, 0.05) is 19.9 Å². The third kappa shape index (κ3) is 4.62. The first-order valence-electron chi connectivity index (χ1n) is 5.69. The molecule has 1 aromatic heterocycles. The van der Waals surface area contributed by atoms with Gasteiger partial charge in [0.2, 0.25) is 5.91 Å². The Balaban J connectivity index is 0.00000162. The number of anilines is 1. The fraction of sp³-hybridized carbons (Fsp3) is 0.500. The maximum Gasteiger partial charge on any atom is 0.241 e. The minimum atomic E-state index is -0.181. The number of ether oxygens (including phenoxy) is 1. The standard InChI is InChI=1S/C12H17N3O2.2ClH/c1-8-10(4-3-5-13-8)15-12(16)11-6-9(17-2)7-14-11;;/h3-5,9,11,14H,6-7H2,1-2H3,(H,15,16);2*1H/t9-,11-;;/m0../s1. The molecule has 2 heterocycles. The molecule has 1 aromatic rings. The Labute approximate surface area is 125 Å². The smallest absolute Gasteiger partial charge is 0.241 e. The summed E-state index contributed by atoms with van der Waals surface area (Å²) in [6, 6.07) is 3.48. The van der Waals surface area contributed by atoms with Gasteiger partial charge in [-0.05, 0) is 25.5 Å². The number of hydrogen-bond acceptors (Lipinski definition) is 4. The van der Waals surface area contributed by atoms with E-state index in [1.807, 2.05) is 19.1 Å². The Morgan fingerprint density at radius 2 is 2.26 bits per heavy atom.